The Balaban J connectivity index is 2.80. The lowest BCUT2D eigenvalue weighted by molar-refractivity contribution is -0.112. The number of hydrogen-bond acceptors (Lipinski definition) is 4. The van der Waals surface area contributed by atoms with E-state index in [0.717, 1.165) is 0 Å². The van der Waals surface area contributed by atoms with Crippen LogP contribution in [0.5, 0.6) is 0 Å². The molecular weight excluding hydrogens is 214 g/mol. The zero-order valence-corrected chi connectivity index (χ0v) is 9.26. The average molecular weight is 225 g/mol. The number of hydrogen-bond donors (Lipinski definition) is 1. The van der Waals surface area contributed by atoms with Gasteiger partial charge in [0, 0.05) is 0 Å². The second kappa shape index (κ2) is 3.06. The van der Waals surface area contributed by atoms with Crippen LogP contribution in [0.3, 0.4) is 0 Å². The lowest BCUT2D eigenvalue weighted by Gasteiger charge is -2.23. The first kappa shape index (κ1) is 10.2. The van der Waals surface area contributed by atoms with E-state index < -0.39 is 21.0 Å². The Morgan fingerprint density at radius 3 is 2.67 bits per heavy atom. The number of carbonyl (C=O) groups excluding carboxylic acids is 1. The molecular formula is C10H11NO3S. The topological polar surface area (TPSA) is 63.2 Å². The summed E-state index contributed by atoms with van der Waals surface area (Å²) in [5.74, 6) is 0. The third kappa shape index (κ3) is 1.34. The molecule has 4 nitrogen and oxygen atoms in total. The summed E-state index contributed by atoms with van der Waals surface area (Å²) in [6, 6.07) is 4.44. The molecule has 0 radical (unpaired) electrons. The van der Waals surface area contributed by atoms with Gasteiger partial charge in [0.1, 0.15) is 4.90 Å². The molecule has 1 aliphatic rings. The van der Waals surface area contributed by atoms with Crippen LogP contribution in [0.15, 0.2) is 23.1 Å². The van der Waals surface area contributed by atoms with E-state index in [1.54, 1.807) is 32.0 Å². The van der Waals surface area contributed by atoms with Crippen molar-refractivity contribution < 1.29 is 13.2 Å². The van der Waals surface area contributed by atoms with Crippen molar-refractivity contribution in [3.05, 3.63) is 23.8 Å². The van der Waals surface area contributed by atoms with Gasteiger partial charge in [0.15, 0.2) is 0 Å². The highest BCUT2D eigenvalue weighted by atomic mass is 32.2. The molecule has 1 aliphatic heterocycles. The van der Waals surface area contributed by atoms with Crippen LogP contribution in [0.1, 0.15) is 12.5 Å². The summed E-state index contributed by atoms with van der Waals surface area (Å²) in [5.41, 5.74) is 1.11. The van der Waals surface area contributed by atoms with E-state index >= 15 is 0 Å². The predicted octanol–water partition coefficient (Wildman–Crippen LogP) is 1.11. The Labute approximate surface area is 88.2 Å². The fourth-order valence-electron chi connectivity index (χ4n) is 1.75. The largest absolute Gasteiger partial charge is 0.373 e. The Morgan fingerprint density at radius 2 is 2.00 bits per heavy atom. The maximum atomic E-state index is 11.8. The highest BCUT2D eigenvalue weighted by Gasteiger charge is 2.37. The summed E-state index contributed by atoms with van der Waals surface area (Å²) in [5, 5.41) is 2.12. The number of aryl methyl sites for hydroxylation is 1. The minimum atomic E-state index is -3.80. The first-order chi connectivity index (χ1) is 6.94. The van der Waals surface area contributed by atoms with Crippen LogP contribution in [-0.2, 0) is 14.6 Å². The van der Waals surface area contributed by atoms with Gasteiger partial charge in [-0.1, -0.05) is 12.1 Å². The second-order valence-electron chi connectivity index (χ2n) is 3.64. The van der Waals surface area contributed by atoms with Gasteiger partial charge in [-0.25, -0.2) is 8.42 Å². The zero-order valence-electron chi connectivity index (χ0n) is 8.44. The highest BCUT2D eigenvalue weighted by molar-refractivity contribution is 8.06. The van der Waals surface area contributed by atoms with Gasteiger partial charge in [-0.3, -0.25) is 4.79 Å². The third-order valence-electron chi connectivity index (χ3n) is 2.47. The predicted molar refractivity (Wildman–Crippen MR) is 56.5 cm³/mol. The van der Waals surface area contributed by atoms with Gasteiger partial charge < -0.3 is 5.32 Å². The summed E-state index contributed by atoms with van der Waals surface area (Å²) in [6.07, 6.45) is 0. The molecule has 0 saturated heterocycles. The number of rotatable bonds is 0. The van der Waals surface area contributed by atoms with Crippen molar-refractivity contribution in [2.24, 2.45) is 0 Å². The number of nitrogens with one attached hydrogen (secondary N) is 1. The van der Waals surface area contributed by atoms with Crippen molar-refractivity contribution in [1.82, 2.24) is 0 Å². The van der Waals surface area contributed by atoms with E-state index in [1.165, 1.54) is 0 Å². The number of anilines is 1. The second-order valence-corrected chi connectivity index (χ2v) is 5.46. The number of fused-ring (bicyclic) bond motifs is 1. The molecule has 0 spiro atoms. The SMILES string of the molecule is Cc1cccc2c1S(=O)(=O)C(=O)C(C)N2. The summed E-state index contributed by atoms with van der Waals surface area (Å²) < 4.78 is 23.7. The molecule has 2 rings (SSSR count). The Morgan fingerprint density at radius 1 is 1.33 bits per heavy atom. The van der Waals surface area contributed by atoms with Crippen molar-refractivity contribution in [3.63, 3.8) is 0 Å². The van der Waals surface area contributed by atoms with Crippen LogP contribution < -0.4 is 5.32 Å². The Kier molecular flexibility index (Phi) is 2.08. The van der Waals surface area contributed by atoms with Crippen molar-refractivity contribution in [3.8, 4) is 0 Å². The molecule has 0 bridgehead atoms. The molecule has 0 aromatic heterocycles. The van der Waals surface area contributed by atoms with Crippen LogP contribution in [0.4, 0.5) is 5.69 Å². The molecule has 5 heteroatoms. The average Bonchev–Trinajstić information content (AvgIpc) is 2.14. The third-order valence-corrected chi connectivity index (χ3v) is 4.43. The molecule has 1 N–H and O–H groups in total. The van der Waals surface area contributed by atoms with E-state index in [1.807, 2.05) is 0 Å². The zero-order chi connectivity index (χ0) is 11.2. The maximum absolute atomic E-state index is 11.8. The van der Waals surface area contributed by atoms with Gasteiger partial charge in [-0.15, -0.1) is 0 Å². The number of benzene rings is 1. The van der Waals surface area contributed by atoms with E-state index in [-0.39, 0.29) is 4.90 Å². The van der Waals surface area contributed by atoms with E-state index in [4.69, 9.17) is 0 Å². The van der Waals surface area contributed by atoms with Gasteiger partial charge in [-0.2, -0.15) is 0 Å². The highest BCUT2D eigenvalue weighted by Crippen LogP contribution is 2.31. The molecule has 80 valence electrons. The Bertz CT molecular complexity index is 534. The summed E-state index contributed by atoms with van der Waals surface area (Å²) in [6.45, 7) is 3.23. The molecule has 1 atom stereocenters. The van der Waals surface area contributed by atoms with Crippen molar-refractivity contribution in [2.75, 3.05) is 5.32 Å². The van der Waals surface area contributed by atoms with Crippen LogP contribution in [0.2, 0.25) is 0 Å². The minimum absolute atomic E-state index is 0.119. The van der Waals surface area contributed by atoms with Gasteiger partial charge in [-0.05, 0) is 25.5 Å². The van der Waals surface area contributed by atoms with E-state index in [2.05, 4.69) is 5.32 Å². The van der Waals surface area contributed by atoms with Gasteiger partial charge in [0.2, 0.25) is 9.84 Å². The standard InChI is InChI=1S/C10H11NO3S/c1-6-4-3-5-8-9(6)15(13,14)10(12)7(2)11-8/h3-5,7,11H,1-2H3. The van der Waals surface area contributed by atoms with Crippen LogP contribution in [-0.4, -0.2) is 19.6 Å². The van der Waals surface area contributed by atoms with Gasteiger partial charge in [0.25, 0.3) is 5.12 Å². The summed E-state index contributed by atoms with van der Waals surface area (Å²) >= 11 is 0. The molecule has 1 aromatic carbocycles. The molecule has 0 amide bonds. The fraction of sp³-hybridized carbons (Fsp3) is 0.300. The minimum Gasteiger partial charge on any atom is -0.373 e. The van der Waals surface area contributed by atoms with E-state index in [0.29, 0.717) is 11.3 Å². The lowest BCUT2D eigenvalue weighted by atomic mass is 10.2. The summed E-state index contributed by atoms with van der Waals surface area (Å²) in [7, 11) is -3.80. The molecule has 15 heavy (non-hydrogen) atoms. The Hall–Kier alpha value is -1.36. The van der Waals surface area contributed by atoms with Crippen LogP contribution in [0.25, 0.3) is 0 Å². The van der Waals surface area contributed by atoms with Crippen LogP contribution >= 0.6 is 0 Å². The van der Waals surface area contributed by atoms with Crippen molar-refractivity contribution >= 4 is 20.6 Å². The molecule has 1 heterocycles. The van der Waals surface area contributed by atoms with Gasteiger partial charge >= 0.3 is 0 Å². The first-order valence-corrected chi connectivity index (χ1v) is 6.08. The molecule has 1 unspecified atom stereocenters. The maximum Gasteiger partial charge on any atom is 0.272 e. The van der Waals surface area contributed by atoms with E-state index in [9.17, 15) is 13.2 Å². The monoisotopic (exact) mass is 225 g/mol. The van der Waals surface area contributed by atoms with Crippen molar-refractivity contribution in [2.45, 2.75) is 24.8 Å². The molecule has 0 aliphatic carbocycles. The number of carbonyl (C=O) groups is 1. The fourth-order valence-corrected chi connectivity index (χ4v) is 3.38. The molecule has 0 saturated carbocycles. The molecule has 1 aromatic rings. The number of sulfone groups is 1. The van der Waals surface area contributed by atoms with Crippen molar-refractivity contribution in [1.29, 1.82) is 0 Å². The normalized spacial score (nSPS) is 23.1. The van der Waals surface area contributed by atoms with Gasteiger partial charge in [0.05, 0.1) is 11.7 Å². The first-order valence-electron chi connectivity index (χ1n) is 4.59. The van der Waals surface area contributed by atoms with Crippen LogP contribution in [0, 0.1) is 6.92 Å². The lowest BCUT2D eigenvalue weighted by Crippen LogP contribution is -2.37. The molecule has 0 fully saturated rings. The summed E-state index contributed by atoms with van der Waals surface area (Å²) in [4.78, 5) is 11.6. The quantitative estimate of drug-likeness (QED) is 0.718. The smallest absolute Gasteiger partial charge is 0.272 e.